The lowest BCUT2D eigenvalue weighted by atomic mass is 10.5. The lowest BCUT2D eigenvalue weighted by Crippen LogP contribution is -2.06. The molecule has 0 radical (unpaired) electrons. The number of aliphatic hydroxyl groups excluding tert-OH is 1. The molecule has 6 heteroatoms. The number of aliphatic hydroxyl groups is 1. The highest BCUT2D eigenvalue weighted by Gasteiger charge is 2.04. The van der Waals surface area contributed by atoms with Crippen molar-refractivity contribution in [3.05, 3.63) is 11.9 Å². The Bertz CT molecular complexity index is 310. The number of nitrogens with zero attached hydrogens (tertiary/aromatic N) is 2. The van der Waals surface area contributed by atoms with E-state index in [0.29, 0.717) is 24.8 Å². The first-order valence-corrected chi connectivity index (χ1v) is 6.72. The zero-order chi connectivity index (χ0) is 12.5. The molecule has 0 fully saturated rings. The average molecular weight is 257 g/mol. The summed E-state index contributed by atoms with van der Waals surface area (Å²) in [4.78, 5) is 8.71. The Morgan fingerprint density at radius 2 is 2.24 bits per heavy atom. The number of hydrogen-bond donors (Lipinski definition) is 2. The highest BCUT2D eigenvalue weighted by Crippen LogP contribution is 2.18. The van der Waals surface area contributed by atoms with E-state index in [1.807, 2.05) is 19.9 Å². The molecule has 0 aliphatic rings. The molecule has 0 saturated heterocycles. The number of hydrogen-bond acceptors (Lipinski definition) is 6. The number of rotatable bonds is 8. The van der Waals surface area contributed by atoms with Crippen LogP contribution in [0.2, 0.25) is 0 Å². The summed E-state index contributed by atoms with van der Waals surface area (Å²) in [5.41, 5.74) is 0. The maximum Gasteiger partial charge on any atom is 0.157 e. The Kier molecular flexibility index (Phi) is 6.91. The van der Waals surface area contributed by atoms with E-state index in [0.717, 1.165) is 17.4 Å². The van der Waals surface area contributed by atoms with Gasteiger partial charge in [-0.05, 0) is 13.8 Å². The Labute approximate surface area is 106 Å². The van der Waals surface area contributed by atoms with E-state index in [9.17, 15) is 0 Å². The van der Waals surface area contributed by atoms with Crippen LogP contribution in [0.3, 0.4) is 0 Å². The molecule has 0 atom stereocenters. The third-order valence-corrected chi connectivity index (χ3v) is 2.77. The molecular weight excluding hydrogens is 238 g/mol. The predicted octanol–water partition coefficient (Wildman–Crippen LogP) is 1.53. The van der Waals surface area contributed by atoms with E-state index < -0.39 is 0 Å². The van der Waals surface area contributed by atoms with Gasteiger partial charge in [0.2, 0.25) is 0 Å². The second-order valence-corrected chi connectivity index (χ2v) is 4.36. The van der Waals surface area contributed by atoms with Crippen LogP contribution in [0.5, 0.6) is 0 Å². The van der Waals surface area contributed by atoms with E-state index in [4.69, 9.17) is 9.84 Å². The molecule has 1 heterocycles. The molecule has 0 bridgehead atoms. The highest BCUT2D eigenvalue weighted by molar-refractivity contribution is 7.99. The summed E-state index contributed by atoms with van der Waals surface area (Å²) in [5, 5.41) is 12.8. The van der Waals surface area contributed by atoms with Crippen molar-refractivity contribution in [2.24, 2.45) is 0 Å². The minimum atomic E-state index is 0.145. The van der Waals surface area contributed by atoms with Crippen molar-refractivity contribution in [1.82, 2.24) is 9.97 Å². The molecule has 0 spiro atoms. The summed E-state index contributed by atoms with van der Waals surface area (Å²) in [6.45, 7) is 5.98. The number of nitrogens with one attached hydrogen (secondary N) is 1. The van der Waals surface area contributed by atoms with Crippen LogP contribution in [-0.4, -0.2) is 40.6 Å². The van der Waals surface area contributed by atoms with Gasteiger partial charge in [-0.1, -0.05) is 0 Å². The van der Waals surface area contributed by atoms with Crippen molar-refractivity contribution >= 4 is 17.6 Å². The van der Waals surface area contributed by atoms with Gasteiger partial charge in [-0.2, -0.15) is 0 Å². The van der Waals surface area contributed by atoms with Crippen LogP contribution < -0.4 is 5.32 Å². The fourth-order valence-electron chi connectivity index (χ4n) is 1.23. The number of thioether (sulfide) groups is 1. The minimum Gasteiger partial charge on any atom is -0.396 e. The normalized spacial score (nSPS) is 10.5. The zero-order valence-corrected chi connectivity index (χ0v) is 11.1. The van der Waals surface area contributed by atoms with Crippen molar-refractivity contribution in [1.29, 1.82) is 0 Å². The SMILES string of the molecule is CCNc1cc(SCCO)nc(COCC)n1. The molecular formula is C11H19N3O2S. The van der Waals surface area contributed by atoms with Crippen molar-refractivity contribution in [3.8, 4) is 0 Å². The van der Waals surface area contributed by atoms with Crippen LogP contribution in [0.25, 0.3) is 0 Å². The molecule has 1 rings (SSSR count). The molecule has 1 aromatic heterocycles. The Morgan fingerprint density at radius 1 is 1.41 bits per heavy atom. The molecule has 0 aliphatic carbocycles. The Balaban J connectivity index is 2.76. The molecule has 0 amide bonds. The molecule has 1 aromatic rings. The standard InChI is InChI=1S/C11H19N3O2S/c1-3-12-9-7-11(17-6-5-15)14-10(13-9)8-16-4-2/h7,15H,3-6,8H2,1-2H3,(H,12,13,14). The van der Waals surface area contributed by atoms with Crippen LogP contribution in [0.4, 0.5) is 5.82 Å². The summed E-state index contributed by atoms with van der Waals surface area (Å²) in [5.74, 6) is 2.11. The first-order valence-electron chi connectivity index (χ1n) is 5.73. The maximum absolute atomic E-state index is 8.81. The topological polar surface area (TPSA) is 67.3 Å². The summed E-state index contributed by atoms with van der Waals surface area (Å²) in [6.07, 6.45) is 0. The van der Waals surface area contributed by atoms with Crippen LogP contribution in [-0.2, 0) is 11.3 Å². The van der Waals surface area contributed by atoms with Crippen LogP contribution in [0.1, 0.15) is 19.7 Å². The minimum absolute atomic E-state index is 0.145. The van der Waals surface area contributed by atoms with Gasteiger partial charge >= 0.3 is 0 Å². The first kappa shape index (κ1) is 14.2. The largest absolute Gasteiger partial charge is 0.396 e. The van der Waals surface area contributed by atoms with Gasteiger partial charge < -0.3 is 15.2 Å². The lowest BCUT2D eigenvalue weighted by molar-refractivity contribution is 0.128. The third-order valence-electron chi connectivity index (χ3n) is 1.88. The summed E-state index contributed by atoms with van der Waals surface area (Å²) in [6, 6.07) is 1.89. The quantitative estimate of drug-likeness (QED) is 0.544. The van der Waals surface area contributed by atoms with Crippen molar-refractivity contribution in [3.63, 3.8) is 0 Å². The lowest BCUT2D eigenvalue weighted by Gasteiger charge is -2.08. The highest BCUT2D eigenvalue weighted by atomic mass is 32.2. The molecule has 5 nitrogen and oxygen atoms in total. The van der Waals surface area contributed by atoms with E-state index >= 15 is 0 Å². The number of aromatic nitrogens is 2. The first-order chi connectivity index (χ1) is 8.30. The molecule has 0 aromatic carbocycles. The molecule has 0 saturated carbocycles. The fraction of sp³-hybridized carbons (Fsp3) is 0.636. The van der Waals surface area contributed by atoms with Gasteiger partial charge in [-0.3, -0.25) is 0 Å². The van der Waals surface area contributed by atoms with E-state index in [2.05, 4.69) is 15.3 Å². The van der Waals surface area contributed by atoms with E-state index in [1.54, 1.807) is 0 Å². The number of anilines is 1. The maximum atomic E-state index is 8.81. The van der Waals surface area contributed by atoms with Crippen LogP contribution in [0, 0.1) is 0 Å². The van der Waals surface area contributed by atoms with Crippen LogP contribution in [0.15, 0.2) is 11.1 Å². The van der Waals surface area contributed by atoms with E-state index in [1.165, 1.54) is 11.8 Å². The van der Waals surface area contributed by atoms with Crippen LogP contribution >= 0.6 is 11.8 Å². The summed E-state index contributed by atoms with van der Waals surface area (Å²) < 4.78 is 5.30. The number of ether oxygens (including phenoxy) is 1. The zero-order valence-electron chi connectivity index (χ0n) is 10.3. The average Bonchev–Trinajstić information content (AvgIpc) is 2.34. The summed E-state index contributed by atoms with van der Waals surface area (Å²) >= 11 is 1.51. The summed E-state index contributed by atoms with van der Waals surface area (Å²) in [7, 11) is 0. The van der Waals surface area contributed by atoms with Crippen molar-refractivity contribution in [2.45, 2.75) is 25.5 Å². The second kappa shape index (κ2) is 8.27. The van der Waals surface area contributed by atoms with Gasteiger partial charge in [0, 0.05) is 25.0 Å². The Hall–Kier alpha value is -0.850. The van der Waals surface area contributed by atoms with Gasteiger partial charge in [0.25, 0.3) is 0 Å². The van der Waals surface area contributed by atoms with Gasteiger partial charge in [-0.25, -0.2) is 9.97 Å². The Morgan fingerprint density at radius 3 is 2.88 bits per heavy atom. The van der Waals surface area contributed by atoms with E-state index in [-0.39, 0.29) is 6.61 Å². The van der Waals surface area contributed by atoms with Gasteiger partial charge in [0.05, 0.1) is 6.61 Å². The second-order valence-electron chi connectivity index (χ2n) is 3.25. The molecule has 2 N–H and O–H groups in total. The van der Waals surface area contributed by atoms with Gasteiger partial charge in [-0.15, -0.1) is 11.8 Å². The van der Waals surface area contributed by atoms with Gasteiger partial charge in [0.15, 0.2) is 5.82 Å². The predicted molar refractivity (Wildman–Crippen MR) is 69.3 cm³/mol. The third kappa shape index (κ3) is 5.34. The smallest absolute Gasteiger partial charge is 0.157 e. The van der Waals surface area contributed by atoms with Crippen molar-refractivity contribution < 1.29 is 9.84 Å². The molecule has 17 heavy (non-hydrogen) atoms. The molecule has 96 valence electrons. The van der Waals surface area contributed by atoms with Gasteiger partial charge in [0.1, 0.15) is 17.5 Å². The fourth-order valence-corrected chi connectivity index (χ4v) is 1.89. The monoisotopic (exact) mass is 257 g/mol. The van der Waals surface area contributed by atoms with Crippen molar-refractivity contribution in [2.75, 3.05) is 30.8 Å². The molecule has 0 aliphatic heterocycles. The molecule has 0 unspecified atom stereocenters.